The van der Waals surface area contributed by atoms with E-state index >= 15 is 0 Å². The number of nitrogens with one attached hydrogen (secondary N) is 2. The molecule has 0 saturated heterocycles. The molecule has 3 aromatic rings. The minimum Gasteiger partial charge on any atom is -0.361 e. The second-order valence-corrected chi connectivity index (χ2v) is 6.68. The highest BCUT2D eigenvalue weighted by atomic mass is 19.2. The normalized spacial score (nSPS) is 11.8. The molecule has 0 radical (unpaired) electrons. The Balaban J connectivity index is 1.81. The summed E-state index contributed by atoms with van der Waals surface area (Å²) in [4.78, 5) is 15.1. The van der Waals surface area contributed by atoms with Crippen LogP contribution in [-0.2, 0) is 5.41 Å². The van der Waals surface area contributed by atoms with Crippen LogP contribution in [0.4, 0.5) is 17.6 Å². The van der Waals surface area contributed by atoms with Crippen molar-refractivity contribution in [2.75, 3.05) is 6.54 Å². The number of carbonyl (C=O) groups is 1. The van der Waals surface area contributed by atoms with E-state index in [4.69, 9.17) is 0 Å². The number of fused-ring (bicyclic) bond motifs is 1. The van der Waals surface area contributed by atoms with Gasteiger partial charge in [0.05, 0.1) is 5.56 Å². The Bertz CT molecular complexity index is 995. The second-order valence-electron chi connectivity index (χ2n) is 6.68. The van der Waals surface area contributed by atoms with Crippen LogP contribution in [0.2, 0.25) is 0 Å². The summed E-state index contributed by atoms with van der Waals surface area (Å²) in [6.07, 6.45) is 1.72. The van der Waals surface area contributed by atoms with Crippen molar-refractivity contribution in [3.8, 4) is 0 Å². The SMILES string of the molecule is CC(C)(CNC(=O)c1ccc(F)c(F)c1F)c1c[nH]c2cc(F)ccc12. The Morgan fingerprint density at radius 2 is 1.81 bits per heavy atom. The molecule has 0 aliphatic heterocycles. The number of carbonyl (C=O) groups excluding carboxylic acids is 1. The predicted octanol–water partition coefficient (Wildman–Crippen LogP) is 4.43. The van der Waals surface area contributed by atoms with E-state index in [1.54, 1.807) is 12.3 Å². The van der Waals surface area contributed by atoms with Crippen molar-refractivity contribution in [2.24, 2.45) is 0 Å². The molecule has 1 aromatic heterocycles. The van der Waals surface area contributed by atoms with Gasteiger partial charge in [0.25, 0.3) is 5.91 Å². The summed E-state index contributed by atoms with van der Waals surface area (Å²) in [7, 11) is 0. The second kappa shape index (κ2) is 6.48. The summed E-state index contributed by atoms with van der Waals surface area (Å²) in [6, 6.07) is 5.93. The Hall–Kier alpha value is -2.83. The molecule has 3 rings (SSSR count). The molecule has 0 atom stereocenters. The lowest BCUT2D eigenvalue weighted by atomic mass is 9.84. The maximum Gasteiger partial charge on any atom is 0.254 e. The fourth-order valence-corrected chi connectivity index (χ4v) is 2.85. The lowest BCUT2D eigenvalue weighted by Crippen LogP contribution is -2.37. The first-order valence-corrected chi connectivity index (χ1v) is 7.89. The van der Waals surface area contributed by atoms with E-state index in [9.17, 15) is 22.4 Å². The van der Waals surface area contributed by atoms with Crippen LogP contribution in [-0.4, -0.2) is 17.4 Å². The average Bonchev–Trinajstić information content (AvgIpc) is 3.01. The molecule has 0 aliphatic carbocycles. The highest BCUT2D eigenvalue weighted by Gasteiger charge is 2.26. The van der Waals surface area contributed by atoms with Crippen molar-refractivity contribution in [3.63, 3.8) is 0 Å². The van der Waals surface area contributed by atoms with Gasteiger partial charge in [-0.2, -0.15) is 0 Å². The van der Waals surface area contributed by atoms with Gasteiger partial charge >= 0.3 is 0 Å². The zero-order chi connectivity index (χ0) is 19.1. The van der Waals surface area contributed by atoms with Gasteiger partial charge in [-0.05, 0) is 35.9 Å². The van der Waals surface area contributed by atoms with E-state index < -0.39 is 34.3 Å². The molecule has 0 spiro atoms. The molecule has 0 saturated carbocycles. The van der Waals surface area contributed by atoms with E-state index in [0.29, 0.717) is 11.6 Å². The molecule has 26 heavy (non-hydrogen) atoms. The third kappa shape index (κ3) is 3.16. The molecule has 1 amide bonds. The number of benzene rings is 2. The van der Waals surface area contributed by atoms with Gasteiger partial charge in [0, 0.05) is 29.1 Å². The van der Waals surface area contributed by atoms with Crippen LogP contribution in [0, 0.1) is 23.3 Å². The van der Waals surface area contributed by atoms with Crippen LogP contribution < -0.4 is 5.32 Å². The molecule has 0 bridgehead atoms. The van der Waals surface area contributed by atoms with Crippen LogP contribution in [0.15, 0.2) is 36.5 Å². The number of hydrogen-bond donors (Lipinski definition) is 2. The summed E-state index contributed by atoms with van der Waals surface area (Å²) >= 11 is 0. The number of H-pyrrole nitrogens is 1. The maximum atomic E-state index is 13.7. The van der Waals surface area contributed by atoms with Crippen molar-refractivity contribution >= 4 is 16.8 Å². The van der Waals surface area contributed by atoms with E-state index in [1.165, 1.54) is 12.1 Å². The standard InChI is InChI=1S/C19H16F4N2O/c1-19(2,13-8-24-15-7-10(20)3-4-11(13)15)9-25-18(26)12-5-6-14(21)17(23)16(12)22/h3-8,24H,9H2,1-2H3,(H,25,26). The van der Waals surface area contributed by atoms with Crippen molar-refractivity contribution in [3.05, 3.63) is 70.9 Å². The van der Waals surface area contributed by atoms with Gasteiger partial charge in [0.1, 0.15) is 5.82 Å². The minimum absolute atomic E-state index is 0.106. The first-order chi connectivity index (χ1) is 12.2. The van der Waals surface area contributed by atoms with Gasteiger partial charge in [-0.25, -0.2) is 17.6 Å². The van der Waals surface area contributed by atoms with Crippen LogP contribution in [0.1, 0.15) is 29.8 Å². The lowest BCUT2D eigenvalue weighted by Gasteiger charge is -2.25. The lowest BCUT2D eigenvalue weighted by molar-refractivity contribution is 0.0940. The molecular formula is C19H16F4N2O. The Labute approximate surface area is 147 Å². The number of aromatic amines is 1. The zero-order valence-corrected chi connectivity index (χ0v) is 14.1. The highest BCUT2D eigenvalue weighted by molar-refractivity contribution is 5.94. The summed E-state index contributed by atoms with van der Waals surface area (Å²) in [5.74, 6) is -5.78. The van der Waals surface area contributed by atoms with Gasteiger partial charge in [-0.1, -0.05) is 13.8 Å². The van der Waals surface area contributed by atoms with Crippen LogP contribution in [0.5, 0.6) is 0 Å². The van der Waals surface area contributed by atoms with Gasteiger partial charge in [0.2, 0.25) is 0 Å². The molecule has 0 unspecified atom stereocenters. The number of rotatable bonds is 4. The molecular weight excluding hydrogens is 348 g/mol. The Morgan fingerprint density at radius 3 is 2.54 bits per heavy atom. The molecule has 2 aromatic carbocycles. The Kier molecular flexibility index (Phi) is 4.48. The van der Waals surface area contributed by atoms with E-state index in [2.05, 4.69) is 10.3 Å². The monoisotopic (exact) mass is 364 g/mol. The quantitative estimate of drug-likeness (QED) is 0.522. The van der Waals surface area contributed by atoms with E-state index in [-0.39, 0.29) is 12.4 Å². The van der Waals surface area contributed by atoms with E-state index in [0.717, 1.165) is 17.0 Å². The van der Waals surface area contributed by atoms with Crippen LogP contribution >= 0.6 is 0 Å². The molecule has 1 heterocycles. The molecule has 7 heteroatoms. The van der Waals surface area contributed by atoms with Crippen molar-refractivity contribution in [1.82, 2.24) is 10.3 Å². The third-order valence-corrected chi connectivity index (χ3v) is 4.34. The van der Waals surface area contributed by atoms with Crippen LogP contribution in [0.3, 0.4) is 0 Å². The summed E-state index contributed by atoms with van der Waals surface area (Å²) < 4.78 is 53.3. The Morgan fingerprint density at radius 1 is 1.08 bits per heavy atom. The van der Waals surface area contributed by atoms with Gasteiger partial charge < -0.3 is 10.3 Å². The molecule has 0 aliphatic rings. The molecule has 136 valence electrons. The number of aromatic nitrogens is 1. The zero-order valence-electron chi connectivity index (χ0n) is 14.1. The summed E-state index contributed by atoms with van der Waals surface area (Å²) in [5, 5.41) is 3.33. The number of halogens is 4. The summed E-state index contributed by atoms with van der Waals surface area (Å²) in [6.45, 7) is 3.80. The smallest absolute Gasteiger partial charge is 0.254 e. The first-order valence-electron chi connectivity index (χ1n) is 7.89. The van der Waals surface area contributed by atoms with Gasteiger partial charge in [-0.3, -0.25) is 4.79 Å². The topological polar surface area (TPSA) is 44.9 Å². The number of hydrogen-bond acceptors (Lipinski definition) is 1. The fourth-order valence-electron chi connectivity index (χ4n) is 2.85. The van der Waals surface area contributed by atoms with E-state index in [1.807, 2.05) is 13.8 Å². The van der Waals surface area contributed by atoms with Gasteiger partial charge in [-0.15, -0.1) is 0 Å². The largest absolute Gasteiger partial charge is 0.361 e. The van der Waals surface area contributed by atoms with Crippen molar-refractivity contribution < 1.29 is 22.4 Å². The van der Waals surface area contributed by atoms with Crippen LogP contribution in [0.25, 0.3) is 10.9 Å². The molecule has 0 fully saturated rings. The molecule has 3 nitrogen and oxygen atoms in total. The molecule has 2 N–H and O–H groups in total. The predicted molar refractivity (Wildman–Crippen MR) is 89.9 cm³/mol. The maximum absolute atomic E-state index is 13.7. The number of amides is 1. The average molecular weight is 364 g/mol. The summed E-state index contributed by atoms with van der Waals surface area (Å²) in [5.41, 5.74) is 0.297. The van der Waals surface area contributed by atoms with Crippen molar-refractivity contribution in [2.45, 2.75) is 19.3 Å². The minimum atomic E-state index is -1.68. The van der Waals surface area contributed by atoms with Gasteiger partial charge in [0.15, 0.2) is 17.5 Å². The third-order valence-electron chi connectivity index (χ3n) is 4.34. The fraction of sp³-hybridized carbons (Fsp3) is 0.211. The highest BCUT2D eigenvalue weighted by Crippen LogP contribution is 2.30. The van der Waals surface area contributed by atoms with Crippen molar-refractivity contribution in [1.29, 1.82) is 0 Å². The first kappa shape index (κ1) is 18.0.